The molecule has 0 spiro atoms. The lowest BCUT2D eigenvalue weighted by atomic mass is 10.0. The fourth-order valence-electron chi connectivity index (χ4n) is 3.26. The minimum Gasteiger partial charge on any atom is -0.497 e. The minimum atomic E-state index is -0.214. The lowest BCUT2D eigenvalue weighted by Crippen LogP contribution is -2.24. The standard InChI is InChI=1S/C22H17BrN2O3S/c1-13-19(14-6-8-16(23)9-7-14)20-21(29-13)24-12-25(22(20)27)11-18(26)15-4-3-5-17(10-15)28-2/h3-10,12H,11H2,1-2H3. The summed E-state index contributed by atoms with van der Waals surface area (Å²) in [6.45, 7) is 1.90. The zero-order chi connectivity index (χ0) is 20.5. The van der Waals surface area contributed by atoms with Gasteiger partial charge in [0.25, 0.3) is 5.56 Å². The highest BCUT2D eigenvalue weighted by molar-refractivity contribution is 9.10. The van der Waals surface area contributed by atoms with Gasteiger partial charge in [-0.3, -0.25) is 14.2 Å². The molecule has 0 radical (unpaired) electrons. The third kappa shape index (κ3) is 3.75. The van der Waals surface area contributed by atoms with Crippen LogP contribution >= 0.6 is 27.3 Å². The van der Waals surface area contributed by atoms with Gasteiger partial charge in [-0.2, -0.15) is 0 Å². The molecule has 2 aromatic carbocycles. The van der Waals surface area contributed by atoms with E-state index < -0.39 is 0 Å². The van der Waals surface area contributed by atoms with E-state index in [1.807, 2.05) is 31.2 Å². The quantitative estimate of drug-likeness (QED) is 0.382. The summed E-state index contributed by atoms with van der Waals surface area (Å²) in [5, 5.41) is 0.552. The van der Waals surface area contributed by atoms with E-state index in [0.717, 1.165) is 20.5 Å². The lowest BCUT2D eigenvalue weighted by molar-refractivity contribution is 0.0970. The van der Waals surface area contributed by atoms with E-state index in [-0.39, 0.29) is 17.9 Å². The summed E-state index contributed by atoms with van der Waals surface area (Å²) in [6, 6.07) is 14.7. The molecule has 0 aliphatic carbocycles. The van der Waals surface area contributed by atoms with Crippen molar-refractivity contribution in [2.75, 3.05) is 7.11 Å². The summed E-state index contributed by atoms with van der Waals surface area (Å²) in [5.41, 5.74) is 2.10. The number of rotatable bonds is 5. The molecule has 0 saturated carbocycles. The van der Waals surface area contributed by atoms with Crippen molar-refractivity contribution in [1.29, 1.82) is 0 Å². The van der Waals surface area contributed by atoms with Crippen LogP contribution in [0.25, 0.3) is 21.3 Å². The van der Waals surface area contributed by atoms with Crippen molar-refractivity contribution in [3.63, 3.8) is 0 Å². The van der Waals surface area contributed by atoms with Gasteiger partial charge in [0, 0.05) is 20.5 Å². The van der Waals surface area contributed by atoms with Crippen LogP contribution in [0.1, 0.15) is 15.2 Å². The Morgan fingerprint density at radius 1 is 1.21 bits per heavy atom. The minimum absolute atomic E-state index is 0.0797. The highest BCUT2D eigenvalue weighted by Gasteiger charge is 2.18. The molecule has 0 unspecified atom stereocenters. The number of hydrogen-bond acceptors (Lipinski definition) is 5. The van der Waals surface area contributed by atoms with Crippen molar-refractivity contribution < 1.29 is 9.53 Å². The number of aryl methyl sites for hydroxylation is 1. The molecule has 0 aliphatic rings. The van der Waals surface area contributed by atoms with E-state index >= 15 is 0 Å². The van der Waals surface area contributed by atoms with E-state index in [4.69, 9.17) is 4.74 Å². The van der Waals surface area contributed by atoms with Gasteiger partial charge in [-0.15, -0.1) is 11.3 Å². The predicted molar refractivity (Wildman–Crippen MR) is 119 cm³/mol. The van der Waals surface area contributed by atoms with Gasteiger partial charge < -0.3 is 4.74 Å². The molecule has 0 bridgehead atoms. The number of halogens is 1. The molecule has 7 heteroatoms. The van der Waals surface area contributed by atoms with Crippen LogP contribution in [-0.4, -0.2) is 22.4 Å². The van der Waals surface area contributed by atoms with Gasteiger partial charge in [0.05, 0.1) is 25.4 Å². The van der Waals surface area contributed by atoms with Gasteiger partial charge in [-0.05, 0) is 36.8 Å². The van der Waals surface area contributed by atoms with Gasteiger partial charge >= 0.3 is 0 Å². The van der Waals surface area contributed by atoms with Gasteiger partial charge in [0.15, 0.2) is 5.78 Å². The third-order valence-electron chi connectivity index (χ3n) is 4.69. The van der Waals surface area contributed by atoms with E-state index in [1.54, 1.807) is 31.4 Å². The first-order chi connectivity index (χ1) is 14.0. The second-order valence-corrected chi connectivity index (χ2v) is 8.67. The third-order valence-corrected chi connectivity index (χ3v) is 6.24. The van der Waals surface area contributed by atoms with E-state index in [0.29, 0.717) is 21.5 Å². The topological polar surface area (TPSA) is 61.2 Å². The Morgan fingerprint density at radius 2 is 1.97 bits per heavy atom. The largest absolute Gasteiger partial charge is 0.497 e. The first-order valence-corrected chi connectivity index (χ1v) is 10.5. The number of ether oxygens (including phenoxy) is 1. The molecule has 0 saturated heterocycles. The maximum absolute atomic E-state index is 13.2. The molecule has 4 rings (SSSR count). The molecule has 0 aliphatic heterocycles. The van der Waals surface area contributed by atoms with Gasteiger partial charge in [0.1, 0.15) is 10.6 Å². The van der Waals surface area contributed by atoms with Crippen LogP contribution in [0.15, 0.2) is 64.1 Å². The number of carbonyl (C=O) groups excluding carboxylic acids is 1. The second-order valence-electron chi connectivity index (χ2n) is 6.55. The summed E-state index contributed by atoms with van der Waals surface area (Å²) in [5.74, 6) is 0.423. The number of benzene rings is 2. The Kier molecular flexibility index (Phi) is 5.34. The van der Waals surface area contributed by atoms with Crippen molar-refractivity contribution in [3.05, 3.63) is 80.1 Å². The smallest absolute Gasteiger partial charge is 0.263 e. The molecule has 146 valence electrons. The van der Waals surface area contributed by atoms with Gasteiger partial charge in [-0.1, -0.05) is 40.2 Å². The normalized spacial score (nSPS) is 11.0. The second kappa shape index (κ2) is 7.93. The van der Waals surface area contributed by atoms with Crippen LogP contribution in [0.2, 0.25) is 0 Å². The number of Topliss-reactive ketones (excluding diaryl/α,β-unsaturated/α-hetero) is 1. The average Bonchev–Trinajstić information content (AvgIpc) is 3.07. The van der Waals surface area contributed by atoms with Crippen molar-refractivity contribution in [1.82, 2.24) is 9.55 Å². The van der Waals surface area contributed by atoms with Crippen molar-refractivity contribution in [2.24, 2.45) is 0 Å². The van der Waals surface area contributed by atoms with Crippen molar-refractivity contribution in [2.45, 2.75) is 13.5 Å². The van der Waals surface area contributed by atoms with Gasteiger partial charge in [0.2, 0.25) is 0 Å². The van der Waals surface area contributed by atoms with Crippen LogP contribution < -0.4 is 10.3 Å². The number of ketones is 1. The molecule has 0 fully saturated rings. The molecular formula is C22H17BrN2O3S. The number of nitrogens with zero attached hydrogens (tertiary/aromatic N) is 2. The lowest BCUT2D eigenvalue weighted by Gasteiger charge is -2.07. The summed E-state index contributed by atoms with van der Waals surface area (Å²) in [4.78, 5) is 32.1. The number of methoxy groups -OCH3 is 1. The molecule has 0 N–H and O–H groups in total. The summed E-state index contributed by atoms with van der Waals surface area (Å²) in [7, 11) is 1.55. The summed E-state index contributed by atoms with van der Waals surface area (Å²) >= 11 is 4.92. The fraction of sp³-hybridized carbons (Fsp3) is 0.136. The maximum Gasteiger partial charge on any atom is 0.263 e. The van der Waals surface area contributed by atoms with E-state index in [1.165, 1.54) is 22.2 Å². The number of carbonyl (C=O) groups is 1. The van der Waals surface area contributed by atoms with Crippen molar-refractivity contribution in [3.8, 4) is 16.9 Å². The number of aromatic nitrogens is 2. The Balaban J connectivity index is 1.77. The Bertz CT molecular complexity index is 1280. The Labute approximate surface area is 179 Å². The molecule has 5 nitrogen and oxygen atoms in total. The zero-order valence-electron chi connectivity index (χ0n) is 15.8. The first kappa shape index (κ1) is 19.5. The van der Waals surface area contributed by atoms with E-state index in [2.05, 4.69) is 20.9 Å². The Hall–Kier alpha value is -2.77. The average molecular weight is 469 g/mol. The molecule has 4 aromatic rings. The van der Waals surface area contributed by atoms with Crippen LogP contribution in [0.5, 0.6) is 5.75 Å². The first-order valence-electron chi connectivity index (χ1n) is 8.89. The monoisotopic (exact) mass is 468 g/mol. The molecule has 2 heterocycles. The number of fused-ring (bicyclic) bond motifs is 1. The molecule has 0 atom stereocenters. The van der Waals surface area contributed by atoms with Crippen LogP contribution in [0.4, 0.5) is 0 Å². The molecule has 0 amide bonds. The van der Waals surface area contributed by atoms with Crippen LogP contribution in [0.3, 0.4) is 0 Å². The molecule has 2 aromatic heterocycles. The highest BCUT2D eigenvalue weighted by atomic mass is 79.9. The molecule has 29 heavy (non-hydrogen) atoms. The van der Waals surface area contributed by atoms with Crippen molar-refractivity contribution >= 4 is 43.3 Å². The maximum atomic E-state index is 13.2. The molecular weight excluding hydrogens is 452 g/mol. The number of thiophene rings is 1. The van der Waals surface area contributed by atoms with Crippen LogP contribution in [0, 0.1) is 6.92 Å². The van der Waals surface area contributed by atoms with Crippen LogP contribution in [-0.2, 0) is 6.54 Å². The Morgan fingerprint density at radius 3 is 2.69 bits per heavy atom. The fourth-order valence-corrected chi connectivity index (χ4v) is 4.52. The number of hydrogen-bond donors (Lipinski definition) is 0. The zero-order valence-corrected chi connectivity index (χ0v) is 18.2. The SMILES string of the molecule is COc1cccc(C(=O)Cn2cnc3sc(C)c(-c4ccc(Br)cc4)c3c2=O)c1. The summed E-state index contributed by atoms with van der Waals surface area (Å²) in [6.07, 6.45) is 1.45. The van der Waals surface area contributed by atoms with Gasteiger partial charge in [-0.25, -0.2) is 4.98 Å². The summed E-state index contributed by atoms with van der Waals surface area (Å²) < 4.78 is 7.52. The highest BCUT2D eigenvalue weighted by Crippen LogP contribution is 2.35. The van der Waals surface area contributed by atoms with E-state index in [9.17, 15) is 9.59 Å². The predicted octanol–water partition coefficient (Wildman–Crippen LogP) is 5.09.